The lowest BCUT2D eigenvalue weighted by Crippen LogP contribution is -1.90. The standard InChI is InChI=1S/C12H10O4S2/c13-11(14)6-8(3-4-17)1-2-9-5-10(12(15)16)18-7-9/h1-7,17H,(H,13,14)(H,15,16)/b2-1-,4-3-,8-6+. The van der Waals surface area contributed by atoms with Gasteiger partial charge in [0, 0.05) is 6.08 Å². The molecule has 6 heteroatoms. The van der Waals surface area contributed by atoms with E-state index in [-0.39, 0.29) is 4.88 Å². The van der Waals surface area contributed by atoms with Gasteiger partial charge in [-0.25, -0.2) is 9.59 Å². The van der Waals surface area contributed by atoms with Gasteiger partial charge in [-0.2, -0.15) is 12.6 Å². The first kappa shape index (κ1) is 14.3. The van der Waals surface area contributed by atoms with Crippen molar-refractivity contribution in [2.24, 2.45) is 0 Å². The minimum absolute atomic E-state index is 0.239. The van der Waals surface area contributed by atoms with Gasteiger partial charge in [0.15, 0.2) is 0 Å². The Morgan fingerprint density at radius 2 is 2.00 bits per heavy atom. The maximum absolute atomic E-state index is 10.7. The second-order valence-electron chi connectivity index (χ2n) is 3.18. The molecule has 0 amide bonds. The van der Waals surface area contributed by atoms with Crippen LogP contribution in [0.2, 0.25) is 0 Å². The molecule has 1 heterocycles. The number of allylic oxidation sites excluding steroid dienone is 3. The quantitative estimate of drug-likeness (QED) is 0.441. The van der Waals surface area contributed by atoms with Crippen LogP contribution >= 0.6 is 24.0 Å². The number of thiol groups is 1. The average Bonchev–Trinajstić information content (AvgIpc) is 2.74. The van der Waals surface area contributed by atoms with Gasteiger partial charge in [-0.1, -0.05) is 12.2 Å². The number of carboxylic acid groups (broad SMARTS) is 2. The highest BCUT2D eigenvalue weighted by molar-refractivity contribution is 7.83. The number of hydrogen-bond acceptors (Lipinski definition) is 4. The van der Waals surface area contributed by atoms with E-state index in [2.05, 4.69) is 12.6 Å². The molecule has 18 heavy (non-hydrogen) atoms. The van der Waals surface area contributed by atoms with Crippen molar-refractivity contribution in [3.63, 3.8) is 0 Å². The molecule has 0 radical (unpaired) electrons. The zero-order chi connectivity index (χ0) is 13.5. The number of aromatic carboxylic acids is 1. The van der Waals surface area contributed by atoms with Crippen molar-refractivity contribution in [3.8, 4) is 0 Å². The molecule has 2 N–H and O–H groups in total. The molecule has 0 aliphatic carbocycles. The van der Waals surface area contributed by atoms with Gasteiger partial charge >= 0.3 is 11.9 Å². The van der Waals surface area contributed by atoms with E-state index in [1.807, 2.05) is 0 Å². The molecule has 0 spiro atoms. The summed E-state index contributed by atoms with van der Waals surface area (Å²) in [7, 11) is 0. The first-order chi connectivity index (χ1) is 8.52. The summed E-state index contributed by atoms with van der Waals surface area (Å²) in [6, 6.07) is 1.52. The minimum Gasteiger partial charge on any atom is -0.478 e. The summed E-state index contributed by atoms with van der Waals surface area (Å²) in [5, 5.41) is 20.5. The van der Waals surface area contributed by atoms with E-state index in [0.717, 1.165) is 17.4 Å². The summed E-state index contributed by atoms with van der Waals surface area (Å²) in [5.41, 5.74) is 1.17. The Morgan fingerprint density at radius 3 is 2.50 bits per heavy atom. The molecule has 0 aliphatic heterocycles. The number of rotatable bonds is 5. The smallest absolute Gasteiger partial charge is 0.345 e. The summed E-state index contributed by atoms with van der Waals surface area (Å²) in [6.45, 7) is 0. The molecule has 0 fully saturated rings. The minimum atomic E-state index is -1.06. The number of carbonyl (C=O) groups is 2. The molecule has 0 saturated heterocycles. The van der Waals surface area contributed by atoms with Crippen molar-refractivity contribution in [2.75, 3.05) is 0 Å². The lowest BCUT2D eigenvalue weighted by atomic mass is 10.2. The fraction of sp³-hybridized carbons (Fsp3) is 0. The molecule has 0 atom stereocenters. The Labute approximate surface area is 113 Å². The summed E-state index contributed by atoms with van der Waals surface area (Å²) in [4.78, 5) is 21.5. The Balaban J connectivity index is 2.89. The topological polar surface area (TPSA) is 74.6 Å². The number of aliphatic carboxylic acids is 1. The lowest BCUT2D eigenvalue weighted by Gasteiger charge is -1.91. The number of hydrogen-bond donors (Lipinski definition) is 3. The van der Waals surface area contributed by atoms with E-state index >= 15 is 0 Å². The van der Waals surface area contributed by atoms with Gasteiger partial charge in [0.25, 0.3) is 0 Å². The molecule has 0 saturated carbocycles. The summed E-state index contributed by atoms with van der Waals surface area (Å²) >= 11 is 4.99. The van der Waals surface area contributed by atoms with E-state index in [0.29, 0.717) is 11.1 Å². The van der Waals surface area contributed by atoms with E-state index < -0.39 is 11.9 Å². The first-order valence-electron chi connectivity index (χ1n) is 4.78. The van der Waals surface area contributed by atoms with Crippen molar-refractivity contribution in [3.05, 3.63) is 51.1 Å². The average molecular weight is 282 g/mol. The molecule has 1 rings (SSSR count). The monoisotopic (exact) mass is 282 g/mol. The molecular formula is C12H10O4S2. The van der Waals surface area contributed by atoms with Crippen LogP contribution in [0.1, 0.15) is 15.2 Å². The SMILES string of the molecule is O=C(O)/C=C(/C=C\S)\C=C/c1csc(C(=O)O)c1. The Kier molecular flexibility index (Phi) is 5.41. The van der Waals surface area contributed by atoms with Crippen LogP contribution < -0.4 is 0 Å². The normalized spacial score (nSPS) is 12.4. The van der Waals surface area contributed by atoms with E-state index in [9.17, 15) is 9.59 Å². The van der Waals surface area contributed by atoms with Crippen LogP contribution in [-0.2, 0) is 4.79 Å². The molecule has 4 nitrogen and oxygen atoms in total. The van der Waals surface area contributed by atoms with E-state index in [4.69, 9.17) is 10.2 Å². The predicted molar refractivity (Wildman–Crippen MR) is 74.2 cm³/mol. The molecule has 1 aromatic rings. The lowest BCUT2D eigenvalue weighted by molar-refractivity contribution is -0.131. The molecule has 0 unspecified atom stereocenters. The molecule has 0 aliphatic rings. The van der Waals surface area contributed by atoms with Crippen LogP contribution in [0.3, 0.4) is 0 Å². The third-order valence-electron chi connectivity index (χ3n) is 1.86. The van der Waals surface area contributed by atoms with Gasteiger partial charge in [-0.3, -0.25) is 0 Å². The predicted octanol–water partition coefficient (Wildman–Crippen LogP) is 2.91. The van der Waals surface area contributed by atoms with Crippen LogP contribution in [-0.4, -0.2) is 22.2 Å². The van der Waals surface area contributed by atoms with Crippen molar-refractivity contribution in [1.29, 1.82) is 0 Å². The molecule has 0 aromatic carbocycles. The fourth-order valence-corrected chi connectivity index (χ4v) is 2.01. The molecule has 0 bridgehead atoms. The van der Waals surface area contributed by atoms with Crippen molar-refractivity contribution in [2.45, 2.75) is 0 Å². The summed E-state index contributed by atoms with van der Waals surface area (Å²) < 4.78 is 0. The third kappa shape index (κ3) is 4.60. The summed E-state index contributed by atoms with van der Waals surface area (Å²) in [6.07, 6.45) is 5.78. The van der Waals surface area contributed by atoms with Crippen LogP contribution in [0.15, 0.2) is 40.7 Å². The Morgan fingerprint density at radius 1 is 1.28 bits per heavy atom. The molecule has 1 aromatic heterocycles. The Hall–Kier alpha value is -1.79. The maximum atomic E-state index is 10.7. The van der Waals surface area contributed by atoms with E-state index in [1.165, 1.54) is 17.6 Å². The van der Waals surface area contributed by atoms with Crippen LogP contribution in [0, 0.1) is 0 Å². The van der Waals surface area contributed by atoms with Gasteiger partial charge in [-0.05, 0) is 34.1 Å². The van der Waals surface area contributed by atoms with Crippen molar-refractivity contribution in [1.82, 2.24) is 0 Å². The maximum Gasteiger partial charge on any atom is 0.345 e. The van der Waals surface area contributed by atoms with Gasteiger partial charge in [0.05, 0.1) is 0 Å². The van der Waals surface area contributed by atoms with Gasteiger partial charge < -0.3 is 10.2 Å². The van der Waals surface area contributed by atoms with Crippen LogP contribution in [0.5, 0.6) is 0 Å². The third-order valence-corrected chi connectivity index (χ3v) is 2.94. The van der Waals surface area contributed by atoms with Crippen molar-refractivity contribution >= 4 is 42.0 Å². The van der Waals surface area contributed by atoms with Gasteiger partial charge in [0.1, 0.15) is 4.88 Å². The summed E-state index contributed by atoms with van der Waals surface area (Å²) in [5.74, 6) is -2.03. The van der Waals surface area contributed by atoms with Crippen molar-refractivity contribution < 1.29 is 19.8 Å². The van der Waals surface area contributed by atoms with Gasteiger partial charge in [0.2, 0.25) is 0 Å². The second-order valence-corrected chi connectivity index (χ2v) is 4.39. The highest BCUT2D eigenvalue weighted by Crippen LogP contribution is 2.16. The number of carboxylic acids is 2. The van der Waals surface area contributed by atoms with Crippen LogP contribution in [0.25, 0.3) is 6.08 Å². The highest BCUT2D eigenvalue weighted by atomic mass is 32.1. The number of thiophene rings is 1. The second kappa shape index (κ2) is 6.83. The molecule has 94 valence electrons. The van der Waals surface area contributed by atoms with Crippen LogP contribution in [0.4, 0.5) is 0 Å². The van der Waals surface area contributed by atoms with E-state index in [1.54, 1.807) is 17.5 Å². The first-order valence-corrected chi connectivity index (χ1v) is 6.18. The zero-order valence-electron chi connectivity index (χ0n) is 9.11. The largest absolute Gasteiger partial charge is 0.478 e. The fourth-order valence-electron chi connectivity index (χ4n) is 1.12. The molecular weight excluding hydrogens is 272 g/mol. The van der Waals surface area contributed by atoms with Gasteiger partial charge in [-0.15, -0.1) is 11.3 Å². The zero-order valence-corrected chi connectivity index (χ0v) is 10.8. The Bertz CT molecular complexity index is 538. The highest BCUT2D eigenvalue weighted by Gasteiger charge is 2.04.